The first-order valence-electron chi connectivity index (χ1n) is 11.6. The summed E-state index contributed by atoms with van der Waals surface area (Å²) in [6.07, 6.45) is 3.65. The van der Waals surface area contributed by atoms with Gasteiger partial charge in [0.1, 0.15) is 5.57 Å². The lowest BCUT2D eigenvalue weighted by Crippen LogP contribution is -2.54. The Labute approximate surface area is 213 Å². The summed E-state index contributed by atoms with van der Waals surface area (Å²) in [5.41, 5.74) is 3.67. The third-order valence-electron chi connectivity index (χ3n) is 6.42. The van der Waals surface area contributed by atoms with Gasteiger partial charge in [-0.05, 0) is 41.4 Å². The summed E-state index contributed by atoms with van der Waals surface area (Å²) in [7, 11) is 0. The van der Waals surface area contributed by atoms with Crippen LogP contribution in [0.25, 0.3) is 27.8 Å². The molecule has 174 valence electrons. The average Bonchev–Trinajstić information content (AvgIpc) is 3.24. The van der Waals surface area contributed by atoms with Gasteiger partial charge in [0.2, 0.25) is 0 Å². The number of anilines is 1. The van der Waals surface area contributed by atoms with Crippen molar-refractivity contribution in [2.24, 2.45) is 0 Å². The van der Waals surface area contributed by atoms with Gasteiger partial charge in [0.25, 0.3) is 11.8 Å². The molecule has 1 N–H and O–H groups in total. The van der Waals surface area contributed by atoms with Crippen LogP contribution < -0.4 is 10.2 Å². The van der Waals surface area contributed by atoms with Crippen molar-refractivity contribution in [3.05, 3.63) is 120 Å². The first kappa shape index (κ1) is 21.9. The molecule has 0 aliphatic carbocycles. The molecular weight excluding hydrogens is 466 g/mol. The second-order valence-electron chi connectivity index (χ2n) is 8.67. The van der Waals surface area contributed by atoms with Crippen molar-refractivity contribution in [1.29, 1.82) is 0 Å². The van der Waals surface area contributed by atoms with E-state index in [1.165, 1.54) is 4.90 Å². The van der Waals surface area contributed by atoms with E-state index >= 15 is 0 Å². The maximum Gasteiger partial charge on any atom is 0.270 e. The molecule has 6 rings (SSSR count). The molecule has 1 fully saturated rings. The summed E-state index contributed by atoms with van der Waals surface area (Å²) < 4.78 is 2.13. The molecule has 0 bridgehead atoms. The highest BCUT2D eigenvalue weighted by molar-refractivity contribution is 7.80. The number of carbonyl (C=O) groups excluding carboxylic acids is 2. The molecule has 1 aliphatic rings. The number of nitrogens with zero attached hydrogens (tertiary/aromatic N) is 2. The van der Waals surface area contributed by atoms with E-state index in [-0.39, 0.29) is 10.7 Å². The highest BCUT2D eigenvalue weighted by Crippen LogP contribution is 2.31. The van der Waals surface area contributed by atoms with Gasteiger partial charge in [0.05, 0.1) is 5.69 Å². The number of benzene rings is 4. The third kappa shape index (κ3) is 3.78. The number of aromatic nitrogens is 1. The molecule has 36 heavy (non-hydrogen) atoms. The molecule has 0 spiro atoms. The molecule has 0 radical (unpaired) electrons. The van der Waals surface area contributed by atoms with E-state index in [0.717, 1.165) is 32.8 Å². The van der Waals surface area contributed by atoms with Crippen molar-refractivity contribution in [3.8, 4) is 0 Å². The molecule has 2 heterocycles. The molecule has 0 atom stereocenters. The van der Waals surface area contributed by atoms with Crippen molar-refractivity contribution < 1.29 is 9.59 Å². The van der Waals surface area contributed by atoms with Crippen LogP contribution in [0.4, 0.5) is 5.69 Å². The minimum absolute atomic E-state index is 0.0409. The Hall–Kier alpha value is -4.55. The fraction of sp³-hybridized carbons (Fsp3) is 0.0333. The number of fused-ring (bicyclic) bond motifs is 2. The summed E-state index contributed by atoms with van der Waals surface area (Å²) >= 11 is 5.44. The maximum absolute atomic E-state index is 13.7. The van der Waals surface area contributed by atoms with E-state index in [9.17, 15) is 9.59 Å². The number of hydrogen-bond acceptors (Lipinski definition) is 3. The van der Waals surface area contributed by atoms with Gasteiger partial charge in [-0.1, -0.05) is 84.9 Å². The molecule has 0 unspecified atom stereocenters. The fourth-order valence-corrected chi connectivity index (χ4v) is 5.01. The van der Waals surface area contributed by atoms with E-state index in [1.807, 2.05) is 91.1 Å². The van der Waals surface area contributed by atoms with Crippen LogP contribution in [0.1, 0.15) is 11.1 Å². The quantitative estimate of drug-likeness (QED) is 0.202. The van der Waals surface area contributed by atoms with Gasteiger partial charge >= 0.3 is 0 Å². The molecule has 1 saturated heterocycles. The van der Waals surface area contributed by atoms with E-state index in [2.05, 4.69) is 22.0 Å². The Morgan fingerprint density at radius 1 is 0.778 bits per heavy atom. The molecule has 4 aromatic carbocycles. The monoisotopic (exact) mass is 487 g/mol. The molecule has 6 heteroatoms. The molecule has 1 aromatic heterocycles. The van der Waals surface area contributed by atoms with Crippen molar-refractivity contribution in [1.82, 2.24) is 9.88 Å². The lowest BCUT2D eigenvalue weighted by Gasteiger charge is -2.29. The van der Waals surface area contributed by atoms with Gasteiger partial charge in [-0.25, -0.2) is 0 Å². The van der Waals surface area contributed by atoms with Crippen molar-refractivity contribution >= 4 is 62.6 Å². The summed E-state index contributed by atoms with van der Waals surface area (Å²) in [5.74, 6) is -0.943. The van der Waals surface area contributed by atoms with Gasteiger partial charge in [-0.15, -0.1) is 0 Å². The summed E-state index contributed by atoms with van der Waals surface area (Å²) in [4.78, 5) is 28.1. The van der Waals surface area contributed by atoms with E-state index in [0.29, 0.717) is 12.2 Å². The lowest BCUT2D eigenvalue weighted by atomic mass is 10.0. The Balaban J connectivity index is 1.45. The number of hydrogen-bond donors (Lipinski definition) is 1. The first-order chi connectivity index (χ1) is 17.6. The standard InChI is InChI=1S/C30H21N3O2S/c34-28-25(29(35)33(30(36)31-28)27-16-8-12-21-11-4-5-13-23(21)27)17-22-19-32(18-20-9-2-1-3-10-20)26-15-7-6-14-24(22)26/h1-17,19H,18H2,(H,31,34,36). The zero-order chi connectivity index (χ0) is 24.6. The van der Waals surface area contributed by atoms with Gasteiger partial charge in [-0.3, -0.25) is 19.8 Å². The Morgan fingerprint density at radius 3 is 2.31 bits per heavy atom. The first-order valence-corrected chi connectivity index (χ1v) is 12.0. The van der Waals surface area contributed by atoms with Crippen molar-refractivity contribution in [3.63, 3.8) is 0 Å². The van der Waals surface area contributed by atoms with Crippen LogP contribution in [-0.2, 0) is 16.1 Å². The number of amides is 2. The van der Waals surface area contributed by atoms with Gasteiger partial charge in [0, 0.05) is 34.6 Å². The maximum atomic E-state index is 13.7. The van der Waals surface area contributed by atoms with Crippen LogP contribution in [-0.4, -0.2) is 21.5 Å². The third-order valence-corrected chi connectivity index (χ3v) is 6.71. The summed E-state index contributed by atoms with van der Waals surface area (Å²) in [5, 5.41) is 5.61. The van der Waals surface area contributed by atoms with Gasteiger partial charge < -0.3 is 4.57 Å². The predicted molar refractivity (Wildman–Crippen MR) is 148 cm³/mol. The summed E-state index contributed by atoms with van der Waals surface area (Å²) in [6.45, 7) is 0.677. The van der Waals surface area contributed by atoms with Gasteiger partial charge in [0.15, 0.2) is 5.11 Å². The SMILES string of the molecule is O=C1NC(=S)N(c2cccc3ccccc23)C(=O)C1=Cc1cn(Cc2ccccc2)c2ccccc12. The van der Waals surface area contributed by atoms with Crippen LogP contribution in [0.15, 0.2) is 109 Å². The van der Waals surface area contributed by atoms with Crippen molar-refractivity contribution in [2.75, 3.05) is 4.90 Å². The highest BCUT2D eigenvalue weighted by atomic mass is 32.1. The topological polar surface area (TPSA) is 54.3 Å². The molecule has 5 nitrogen and oxygen atoms in total. The molecule has 5 aromatic rings. The van der Waals surface area contributed by atoms with Crippen molar-refractivity contribution in [2.45, 2.75) is 6.54 Å². The van der Waals surface area contributed by atoms with Crippen LogP contribution in [0.3, 0.4) is 0 Å². The number of nitrogens with one attached hydrogen (secondary N) is 1. The molecule has 0 saturated carbocycles. The Kier molecular flexibility index (Phi) is 5.43. The number of para-hydroxylation sites is 1. The average molecular weight is 488 g/mol. The zero-order valence-corrected chi connectivity index (χ0v) is 20.0. The van der Waals surface area contributed by atoms with E-state index in [4.69, 9.17) is 12.2 Å². The Bertz CT molecular complexity index is 1700. The normalized spacial score (nSPS) is 15.2. The fourth-order valence-electron chi connectivity index (χ4n) is 4.74. The number of thiocarbonyl (C=S) groups is 1. The molecule has 1 aliphatic heterocycles. The minimum Gasteiger partial charge on any atom is -0.342 e. The highest BCUT2D eigenvalue weighted by Gasteiger charge is 2.35. The lowest BCUT2D eigenvalue weighted by molar-refractivity contribution is -0.122. The summed E-state index contributed by atoms with van der Waals surface area (Å²) in [6, 6.07) is 31.6. The molecule has 2 amide bonds. The second-order valence-corrected chi connectivity index (χ2v) is 9.06. The van der Waals surface area contributed by atoms with E-state index < -0.39 is 11.8 Å². The van der Waals surface area contributed by atoms with Crippen LogP contribution in [0, 0.1) is 0 Å². The number of rotatable bonds is 4. The predicted octanol–water partition coefficient (Wildman–Crippen LogP) is 5.67. The Morgan fingerprint density at radius 2 is 1.47 bits per heavy atom. The largest absolute Gasteiger partial charge is 0.342 e. The van der Waals surface area contributed by atoms with Crippen LogP contribution >= 0.6 is 12.2 Å². The zero-order valence-electron chi connectivity index (χ0n) is 19.2. The minimum atomic E-state index is -0.499. The van der Waals surface area contributed by atoms with E-state index in [1.54, 1.807) is 6.08 Å². The smallest absolute Gasteiger partial charge is 0.270 e. The molecular formula is C30H21N3O2S. The van der Waals surface area contributed by atoms with Crippen LogP contribution in [0.5, 0.6) is 0 Å². The van der Waals surface area contributed by atoms with Crippen LogP contribution in [0.2, 0.25) is 0 Å². The second kappa shape index (κ2) is 8.91. The van der Waals surface area contributed by atoms with Gasteiger partial charge in [-0.2, -0.15) is 0 Å². The number of carbonyl (C=O) groups is 2.